The highest BCUT2D eigenvalue weighted by atomic mass is 16.5. The first-order valence-electron chi connectivity index (χ1n) is 6.05. The third-order valence-electron chi connectivity index (χ3n) is 3.74. The molecule has 2 heterocycles. The number of nitrogens with one attached hydrogen (secondary N) is 1. The second kappa shape index (κ2) is 4.76. The Kier molecular flexibility index (Phi) is 3.51. The molecule has 0 aromatic carbocycles. The van der Waals surface area contributed by atoms with Gasteiger partial charge in [-0.15, -0.1) is 0 Å². The van der Waals surface area contributed by atoms with Gasteiger partial charge in [0, 0.05) is 44.4 Å². The molecule has 1 aliphatic heterocycles. The number of nitrogens with zero attached hydrogens (tertiary/aromatic N) is 2. The van der Waals surface area contributed by atoms with Crippen LogP contribution in [0.4, 0.5) is 0 Å². The minimum Gasteiger partial charge on any atom is -0.386 e. The second-order valence-corrected chi connectivity index (χ2v) is 4.85. The van der Waals surface area contributed by atoms with Gasteiger partial charge in [-0.2, -0.15) is 5.10 Å². The van der Waals surface area contributed by atoms with Crippen LogP contribution in [0, 0.1) is 6.92 Å². The summed E-state index contributed by atoms with van der Waals surface area (Å²) in [4.78, 5) is 0. The summed E-state index contributed by atoms with van der Waals surface area (Å²) in [7, 11) is 1.93. The predicted molar refractivity (Wildman–Crippen MR) is 64.6 cm³/mol. The maximum Gasteiger partial charge on any atom is 0.105 e. The molecule has 2 rings (SSSR count). The number of rotatable bonds is 4. The van der Waals surface area contributed by atoms with Crippen LogP contribution < -0.4 is 5.32 Å². The van der Waals surface area contributed by atoms with Gasteiger partial charge >= 0.3 is 0 Å². The van der Waals surface area contributed by atoms with E-state index in [2.05, 4.69) is 10.4 Å². The maximum absolute atomic E-state index is 10.3. The number of aliphatic hydroxyl groups is 1. The molecule has 2 N–H and O–H groups in total. The monoisotopic (exact) mass is 239 g/mol. The Labute approximate surface area is 102 Å². The average molecular weight is 239 g/mol. The molecular weight excluding hydrogens is 218 g/mol. The summed E-state index contributed by atoms with van der Waals surface area (Å²) in [6.07, 6.45) is 2.47. The molecule has 17 heavy (non-hydrogen) atoms. The first-order chi connectivity index (χ1) is 8.03. The summed E-state index contributed by atoms with van der Waals surface area (Å²) in [5.41, 5.74) is 1.60. The molecule has 0 spiro atoms. The Morgan fingerprint density at radius 3 is 3.00 bits per heavy atom. The highest BCUT2D eigenvalue weighted by Gasteiger charge is 2.38. The van der Waals surface area contributed by atoms with Gasteiger partial charge in [0.25, 0.3) is 0 Å². The van der Waals surface area contributed by atoms with Crippen molar-refractivity contribution >= 4 is 0 Å². The van der Waals surface area contributed by atoms with Crippen molar-refractivity contribution in [3.05, 3.63) is 17.5 Å². The fourth-order valence-corrected chi connectivity index (χ4v) is 2.13. The molecular formula is C12H21N3O2. The van der Waals surface area contributed by atoms with Crippen LogP contribution in [0.15, 0.2) is 6.20 Å². The number of hydrogen-bond acceptors (Lipinski definition) is 4. The zero-order valence-electron chi connectivity index (χ0n) is 10.7. The van der Waals surface area contributed by atoms with Gasteiger partial charge in [-0.3, -0.25) is 4.68 Å². The van der Waals surface area contributed by atoms with Crippen LogP contribution in [-0.4, -0.2) is 39.7 Å². The van der Waals surface area contributed by atoms with E-state index in [0.29, 0.717) is 19.6 Å². The molecule has 1 aromatic rings. The smallest absolute Gasteiger partial charge is 0.105 e. The van der Waals surface area contributed by atoms with E-state index in [1.165, 1.54) is 5.56 Å². The van der Waals surface area contributed by atoms with E-state index in [1.807, 2.05) is 31.8 Å². The minimum atomic E-state index is -0.726. The predicted octanol–water partition coefficient (Wildman–Crippen LogP) is 0.358. The van der Waals surface area contributed by atoms with E-state index in [4.69, 9.17) is 4.74 Å². The van der Waals surface area contributed by atoms with Crippen molar-refractivity contribution in [1.82, 2.24) is 15.1 Å². The molecule has 0 bridgehead atoms. The van der Waals surface area contributed by atoms with Crippen molar-refractivity contribution in [3.8, 4) is 0 Å². The van der Waals surface area contributed by atoms with Crippen LogP contribution in [0.5, 0.6) is 0 Å². The summed E-state index contributed by atoms with van der Waals surface area (Å²) in [6, 6.07) is 0. The zero-order valence-corrected chi connectivity index (χ0v) is 10.7. The van der Waals surface area contributed by atoms with Crippen molar-refractivity contribution in [2.24, 2.45) is 7.05 Å². The van der Waals surface area contributed by atoms with E-state index in [1.54, 1.807) is 0 Å². The van der Waals surface area contributed by atoms with Gasteiger partial charge in [-0.25, -0.2) is 0 Å². The van der Waals surface area contributed by atoms with Gasteiger partial charge in [-0.05, 0) is 13.8 Å². The number of hydrogen-bond donors (Lipinski definition) is 2. The molecule has 1 aromatic heterocycles. The summed E-state index contributed by atoms with van der Waals surface area (Å²) in [6.45, 7) is 5.90. The van der Waals surface area contributed by atoms with Crippen LogP contribution in [0.3, 0.4) is 0 Å². The van der Waals surface area contributed by atoms with Crippen molar-refractivity contribution in [1.29, 1.82) is 0 Å². The molecule has 0 amide bonds. The molecule has 96 valence electrons. The SMILES string of the molecule is Cc1c(CNCC2(O)CCOC2C)cnn1C. The Bertz CT molecular complexity index is 391. The standard InChI is InChI=1S/C12H21N3O2/c1-9-11(7-14-15(9)3)6-13-8-12(16)4-5-17-10(12)2/h7,10,13,16H,4-6,8H2,1-3H3. The summed E-state index contributed by atoms with van der Waals surface area (Å²) in [5.74, 6) is 0. The van der Waals surface area contributed by atoms with Crippen LogP contribution in [0.1, 0.15) is 24.6 Å². The fraction of sp³-hybridized carbons (Fsp3) is 0.750. The Balaban J connectivity index is 1.85. The molecule has 1 aliphatic rings. The molecule has 5 nitrogen and oxygen atoms in total. The van der Waals surface area contributed by atoms with Gasteiger partial charge in [0.15, 0.2) is 0 Å². The Morgan fingerprint density at radius 2 is 2.47 bits per heavy atom. The van der Waals surface area contributed by atoms with Crippen LogP contribution in [0.25, 0.3) is 0 Å². The van der Waals surface area contributed by atoms with E-state index < -0.39 is 5.60 Å². The van der Waals surface area contributed by atoms with E-state index in [9.17, 15) is 5.11 Å². The summed E-state index contributed by atoms with van der Waals surface area (Å²) >= 11 is 0. The van der Waals surface area contributed by atoms with Gasteiger partial charge in [0.1, 0.15) is 5.60 Å². The average Bonchev–Trinajstić information content (AvgIpc) is 2.77. The van der Waals surface area contributed by atoms with Gasteiger partial charge in [0.2, 0.25) is 0 Å². The Morgan fingerprint density at radius 1 is 1.71 bits per heavy atom. The van der Waals surface area contributed by atoms with Crippen LogP contribution in [0.2, 0.25) is 0 Å². The van der Waals surface area contributed by atoms with Crippen molar-refractivity contribution < 1.29 is 9.84 Å². The van der Waals surface area contributed by atoms with Gasteiger partial charge < -0.3 is 15.2 Å². The molecule has 1 fully saturated rings. The molecule has 0 saturated carbocycles. The first-order valence-corrected chi connectivity index (χ1v) is 6.05. The topological polar surface area (TPSA) is 59.3 Å². The molecule has 1 saturated heterocycles. The lowest BCUT2D eigenvalue weighted by atomic mass is 9.97. The molecule has 2 unspecified atom stereocenters. The number of aromatic nitrogens is 2. The summed E-state index contributed by atoms with van der Waals surface area (Å²) < 4.78 is 7.25. The fourth-order valence-electron chi connectivity index (χ4n) is 2.13. The van der Waals surface area contributed by atoms with Crippen LogP contribution >= 0.6 is 0 Å². The Hall–Kier alpha value is -0.910. The molecule has 5 heteroatoms. The molecule has 0 aliphatic carbocycles. The van der Waals surface area contributed by atoms with E-state index >= 15 is 0 Å². The van der Waals surface area contributed by atoms with Crippen LogP contribution in [-0.2, 0) is 18.3 Å². The van der Waals surface area contributed by atoms with E-state index in [-0.39, 0.29) is 6.10 Å². The molecule has 0 radical (unpaired) electrons. The normalized spacial score (nSPS) is 28.8. The van der Waals surface area contributed by atoms with Gasteiger partial charge in [-0.1, -0.05) is 0 Å². The lowest BCUT2D eigenvalue weighted by Crippen LogP contribution is -2.45. The largest absolute Gasteiger partial charge is 0.386 e. The van der Waals surface area contributed by atoms with Gasteiger partial charge in [0.05, 0.1) is 12.3 Å². The van der Waals surface area contributed by atoms with E-state index in [0.717, 1.165) is 12.2 Å². The first kappa shape index (κ1) is 12.5. The molecule has 2 atom stereocenters. The third-order valence-corrected chi connectivity index (χ3v) is 3.74. The quantitative estimate of drug-likeness (QED) is 0.796. The summed E-state index contributed by atoms with van der Waals surface area (Å²) in [5, 5.41) is 17.8. The number of aryl methyl sites for hydroxylation is 1. The lowest BCUT2D eigenvalue weighted by molar-refractivity contribution is -0.0263. The highest BCUT2D eigenvalue weighted by Crippen LogP contribution is 2.24. The van der Waals surface area contributed by atoms with Crippen molar-refractivity contribution in [2.45, 2.75) is 38.5 Å². The minimum absolute atomic E-state index is 0.0926. The number of ether oxygens (including phenoxy) is 1. The third kappa shape index (κ3) is 2.51. The highest BCUT2D eigenvalue weighted by molar-refractivity contribution is 5.15. The van der Waals surface area contributed by atoms with Crippen molar-refractivity contribution in [2.75, 3.05) is 13.2 Å². The maximum atomic E-state index is 10.3. The van der Waals surface area contributed by atoms with Crippen molar-refractivity contribution in [3.63, 3.8) is 0 Å². The zero-order chi connectivity index (χ0) is 12.5. The lowest BCUT2D eigenvalue weighted by Gasteiger charge is -2.26. The second-order valence-electron chi connectivity index (χ2n) is 4.85.